The smallest absolute Gasteiger partial charge is 0.251 e. The van der Waals surface area contributed by atoms with E-state index >= 15 is 0 Å². The molecule has 5 nitrogen and oxygen atoms in total. The molecule has 1 amide bonds. The molecule has 6 heteroatoms. The normalized spacial score (nSPS) is 19.0. The predicted octanol–water partition coefficient (Wildman–Crippen LogP) is 1.65. The van der Waals surface area contributed by atoms with Crippen molar-refractivity contribution in [1.29, 1.82) is 0 Å². The Morgan fingerprint density at radius 3 is 3.23 bits per heavy atom. The molecule has 3 rings (SSSR count). The second kappa shape index (κ2) is 7.00. The maximum absolute atomic E-state index is 11.8. The van der Waals surface area contributed by atoms with Gasteiger partial charge in [-0.2, -0.15) is 0 Å². The number of benzene rings is 1. The Labute approximate surface area is 134 Å². The van der Waals surface area contributed by atoms with E-state index in [2.05, 4.69) is 32.0 Å². The topological polar surface area (TPSA) is 57.3 Å². The highest BCUT2D eigenvalue weighted by atomic mass is 32.1. The second-order valence-corrected chi connectivity index (χ2v) is 6.09. The fraction of sp³-hybridized carbons (Fsp3) is 0.375. The van der Waals surface area contributed by atoms with Crippen LogP contribution in [-0.2, 0) is 6.54 Å². The number of nitrogens with one attached hydrogen (secondary N) is 2. The molecule has 1 aliphatic rings. The van der Waals surface area contributed by atoms with Gasteiger partial charge in [-0.25, -0.2) is 4.98 Å². The summed E-state index contributed by atoms with van der Waals surface area (Å²) in [5, 5.41) is 8.23. The maximum Gasteiger partial charge on any atom is 0.251 e. The Balaban J connectivity index is 1.82. The van der Waals surface area contributed by atoms with Crippen molar-refractivity contribution in [3.8, 4) is 0 Å². The van der Waals surface area contributed by atoms with E-state index in [1.54, 1.807) is 18.4 Å². The van der Waals surface area contributed by atoms with Gasteiger partial charge in [0.25, 0.3) is 5.91 Å². The number of carbonyl (C=O) groups excluding carboxylic acids is 1. The van der Waals surface area contributed by atoms with Gasteiger partial charge in [0.15, 0.2) is 0 Å². The first-order valence-corrected chi connectivity index (χ1v) is 8.36. The largest absolute Gasteiger partial charge is 0.355 e. The van der Waals surface area contributed by atoms with Crippen LogP contribution in [0.25, 0.3) is 0 Å². The molecular formula is C16H20N4OS. The van der Waals surface area contributed by atoms with Crippen molar-refractivity contribution in [3.63, 3.8) is 0 Å². The van der Waals surface area contributed by atoms with E-state index in [4.69, 9.17) is 0 Å². The molecule has 1 aromatic heterocycles. The lowest BCUT2D eigenvalue weighted by molar-refractivity contribution is 0.0962. The zero-order valence-corrected chi connectivity index (χ0v) is 13.4. The summed E-state index contributed by atoms with van der Waals surface area (Å²) in [4.78, 5) is 18.7. The number of thiazole rings is 1. The van der Waals surface area contributed by atoms with Crippen molar-refractivity contribution in [2.24, 2.45) is 0 Å². The minimum atomic E-state index is -0.0448. The average molecular weight is 316 g/mol. The van der Waals surface area contributed by atoms with Crippen LogP contribution in [0.15, 0.2) is 35.2 Å². The zero-order valence-electron chi connectivity index (χ0n) is 12.6. The Bertz CT molecular complexity index is 629. The van der Waals surface area contributed by atoms with E-state index < -0.39 is 0 Å². The zero-order chi connectivity index (χ0) is 15.4. The molecule has 0 unspecified atom stereocenters. The Morgan fingerprint density at radius 2 is 2.45 bits per heavy atom. The third-order valence-corrected chi connectivity index (χ3v) is 4.60. The summed E-state index contributed by atoms with van der Waals surface area (Å²) in [5.74, 6) is -0.0448. The molecular weight excluding hydrogens is 296 g/mol. The van der Waals surface area contributed by atoms with E-state index in [9.17, 15) is 4.79 Å². The highest BCUT2D eigenvalue weighted by Gasteiger charge is 2.24. The summed E-state index contributed by atoms with van der Waals surface area (Å²) >= 11 is 1.63. The van der Waals surface area contributed by atoms with E-state index in [0.717, 1.165) is 31.9 Å². The fourth-order valence-electron chi connectivity index (χ4n) is 2.82. The number of hydrogen-bond donors (Lipinski definition) is 2. The summed E-state index contributed by atoms with van der Waals surface area (Å²) in [6, 6.07) is 8.15. The molecule has 0 aliphatic carbocycles. The fourth-order valence-corrected chi connectivity index (χ4v) is 3.37. The van der Waals surface area contributed by atoms with Crippen molar-refractivity contribution in [2.75, 3.05) is 26.7 Å². The first-order valence-electron chi connectivity index (χ1n) is 7.42. The third kappa shape index (κ3) is 3.35. The summed E-state index contributed by atoms with van der Waals surface area (Å²) in [7, 11) is 1.66. The van der Waals surface area contributed by atoms with Gasteiger partial charge < -0.3 is 10.6 Å². The number of aromatic nitrogens is 1. The molecule has 0 spiro atoms. The van der Waals surface area contributed by atoms with Gasteiger partial charge >= 0.3 is 0 Å². The van der Waals surface area contributed by atoms with Crippen molar-refractivity contribution >= 4 is 17.2 Å². The van der Waals surface area contributed by atoms with Crippen LogP contribution in [0.5, 0.6) is 0 Å². The third-order valence-electron chi connectivity index (χ3n) is 3.96. The number of carbonyl (C=O) groups is 1. The second-order valence-electron chi connectivity index (χ2n) is 5.37. The monoisotopic (exact) mass is 316 g/mol. The lowest BCUT2D eigenvalue weighted by Crippen LogP contribution is -2.45. The molecule has 2 N–H and O–H groups in total. The minimum Gasteiger partial charge on any atom is -0.355 e. The van der Waals surface area contributed by atoms with Gasteiger partial charge in [-0.3, -0.25) is 9.69 Å². The van der Waals surface area contributed by atoms with E-state index in [1.807, 2.05) is 23.7 Å². The molecule has 0 bridgehead atoms. The van der Waals surface area contributed by atoms with Gasteiger partial charge in [0.1, 0.15) is 0 Å². The van der Waals surface area contributed by atoms with Crippen molar-refractivity contribution in [3.05, 3.63) is 52.0 Å². The van der Waals surface area contributed by atoms with Crippen LogP contribution in [0, 0.1) is 0 Å². The Kier molecular flexibility index (Phi) is 4.82. The molecule has 116 valence electrons. The van der Waals surface area contributed by atoms with Crippen molar-refractivity contribution in [1.82, 2.24) is 20.5 Å². The summed E-state index contributed by atoms with van der Waals surface area (Å²) < 4.78 is 0. The quantitative estimate of drug-likeness (QED) is 0.900. The van der Waals surface area contributed by atoms with Gasteiger partial charge in [-0.1, -0.05) is 12.1 Å². The molecule has 2 heterocycles. The van der Waals surface area contributed by atoms with E-state index in [1.165, 1.54) is 5.56 Å². The van der Waals surface area contributed by atoms with Gasteiger partial charge in [-0.15, -0.1) is 11.3 Å². The number of hydrogen-bond acceptors (Lipinski definition) is 5. The molecule has 1 aliphatic heterocycles. The Morgan fingerprint density at radius 1 is 1.55 bits per heavy atom. The number of piperazine rings is 1. The van der Waals surface area contributed by atoms with Gasteiger partial charge in [0.05, 0.1) is 11.2 Å². The number of nitrogens with zero attached hydrogens (tertiary/aromatic N) is 2. The molecule has 1 fully saturated rings. The lowest BCUT2D eigenvalue weighted by Gasteiger charge is -2.36. The van der Waals surface area contributed by atoms with Crippen molar-refractivity contribution < 1.29 is 4.79 Å². The molecule has 22 heavy (non-hydrogen) atoms. The van der Waals surface area contributed by atoms with Crippen LogP contribution in [0.1, 0.15) is 27.7 Å². The Hall–Kier alpha value is -1.76. The molecule has 0 radical (unpaired) electrons. The number of rotatable bonds is 4. The van der Waals surface area contributed by atoms with E-state index in [-0.39, 0.29) is 11.9 Å². The summed E-state index contributed by atoms with van der Waals surface area (Å²) in [5.41, 5.74) is 4.86. The standard InChI is InChI=1S/C16H20N4OS/c1-17-16(21)13-4-2-3-12(7-13)15-8-18-5-6-20(15)9-14-10-22-11-19-14/h2-4,7,10-11,15,18H,5-6,8-9H2,1H3,(H,17,21)/t15-/m1/s1. The maximum atomic E-state index is 11.8. The SMILES string of the molecule is CNC(=O)c1cccc([C@H]2CNCCN2Cc2cscn2)c1. The molecule has 1 atom stereocenters. The minimum absolute atomic E-state index is 0.0448. The average Bonchev–Trinajstić information content (AvgIpc) is 3.08. The number of amides is 1. The highest BCUT2D eigenvalue weighted by molar-refractivity contribution is 7.07. The van der Waals surface area contributed by atoms with Crippen LogP contribution < -0.4 is 10.6 Å². The van der Waals surface area contributed by atoms with Crippen LogP contribution in [0.4, 0.5) is 0 Å². The van der Waals surface area contributed by atoms with Crippen LogP contribution in [-0.4, -0.2) is 42.5 Å². The van der Waals surface area contributed by atoms with Gasteiger partial charge in [-0.05, 0) is 17.7 Å². The van der Waals surface area contributed by atoms with Crippen molar-refractivity contribution in [2.45, 2.75) is 12.6 Å². The van der Waals surface area contributed by atoms with Crippen LogP contribution in [0.3, 0.4) is 0 Å². The molecule has 0 saturated carbocycles. The predicted molar refractivity (Wildman–Crippen MR) is 88.0 cm³/mol. The van der Waals surface area contributed by atoms with E-state index in [0.29, 0.717) is 5.56 Å². The lowest BCUT2D eigenvalue weighted by atomic mass is 10.0. The molecule has 1 saturated heterocycles. The highest BCUT2D eigenvalue weighted by Crippen LogP contribution is 2.25. The summed E-state index contributed by atoms with van der Waals surface area (Å²) in [6.45, 7) is 3.70. The molecule has 1 aromatic carbocycles. The first kappa shape index (κ1) is 15.1. The van der Waals surface area contributed by atoms with Crippen LogP contribution in [0.2, 0.25) is 0 Å². The van der Waals surface area contributed by atoms with Gasteiger partial charge in [0, 0.05) is 50.2 Å². The molecule has 2 aromatic rings. The summed E-state index contributed by atoms with van der Waals surface area (Å²) in [6.07, 6.45) is 0. The van der Waals surface area contributed by atoms with Gasteiger partial charge in [0.2, 0.25) is 0 Å². The first-order chi connectivity index (χ1) is 10.8. The van der Waals surface area contributed by atoms with Crippen LogP contribution >= 0.6 is 11.3 Å².